The van der Waals surface area contributed by atoms with Gasteiger partial charge in [0.15, 0.2) is 0 Å². The van der Waals surface area contributed by atoms with Gasteiger partial charge in [-0.05, 0) is 38.5 Å². The van der Waals surface area contributed by atoms with Crippen LogP contribution in [0.15, 0.2) is 0 Å². The molecule has 0 radical (unpaired) electrons. The Kier molecular flexibility index (Phi) is 4.05. The summed E-state index contributed by atoms with van der Waals surface area (Å²) in [5.41, 5.74) is 0. The molecule has 0 saturated carbocycles. The predicted molar refractivity (Wildman–Crippen MR) is 66.6 cm³/mol. The van der Waals surface area contributed by atoms with Gasteiger partial charge >= 0.3 is 0 Å². The molecule has 4 heteroatoms. The van der Waals surface area contributed by atoms with Crippen LogP contribution in [-0.4, -0.2) is 47.2 Å². The second-order valence-corrected chi connectivity index (χ2v) is 5.67. The van der Waals surface area contributed by atoms with E-state index in [0.717, 1.165) is 19.3 Å². The normalized spacial score (nSPS) is 39.1. The van der Waals surface area contributed by atoms with Crippen molar-refractivity contribution in [2.24, 2.45) is 5.92 Å². The lowest BCUT2D eigenvalue weighted by Gasteiger charge is -2.38. The number of hydrogen-bond acceptors (Lipinski definition) is 3. The molecular weight excluding hydrogens is 216 g/mol. The highest BCUT2D eigenvalue weighted by Gasteiger charge is 2.32. The van der Waals surface area contributed by atoms with Crippen molar-refractivity contribution in [3.8, 4) is 0 Å². The largest absolute Gasteiger partial charge is 0.393 e. The highest BCUT2D eigenvalue weighted by atomic mass is 16.3. The summed E-state index contributed by atoms with van der Waals surface area (Å²) in [6, 6.07) is 0.451. The lowest BCUT2D eigenvalue weighted by molar-refractivity contribution is -0.137. The van der Waals surface area contributed by atoms with Crippen LogP contribution in [0.1, 0.15) is 39.5 Å². The Morgan fingerprint density at radius 3 is 2.71 bits per heavy atom. The summed E-state index contributed by atoms with van der Waals surface area (Å²) in [5, 5.41) is 13.1. The molecule has 2 fully saturated rings. The van der Waals surface area contributed by atoms with Crippen molar-refractivity contribution < 1.29 is 9.90 Å². The maximum atomic E-state index is 12.3. The van der Waals surface area contributed by atoms with Gasteiger partial charge in [0.1, 0.15) is 0 Å². The minimum atomic E-state index is -0.239. The third-order valence-corrected chi connectivity index (χ3v) is 4.09. The van der Waals surface area contributed by atoms with Crippen LogP contribution in [0.5, 0.6) is 0 Å². The van der Waals surface area contributed by atoms with Gasteiger partial charge < -0.3 is 15.3 Å². The first kappa shape index (κ1) is 12.8. The maximum Gasteiger partial charge on any atom is 0.239 e. The Balaban J connectivity index is 1.91. The molecule has 4 atom stereocenters. The topological polar surface area (TPSA) is 52.6 Å². The summed E-state index contributed by atoms with van der Waals surface area (Å²) >= 11 is 0. The number of rotatable bonds is 1. The van der Waals surface area contributed by atoms with Crippen molar-refractivity contribution in [3.63, 3.8) is 0 Å². The predicted octanol–water partition coefficient (Wildman–Crippen LogP) is 0.746. The van der Waals surface area contributed by atoms with Crippen molar-refractivity contribution in [3.05, 3.63) is 0 Å². The van der Waals surface area contributed by atoms with Gasteiger partial charge in [-0.2, -0.15) is 0 Å². The lowest BCUT2D eigenvalue weighted by Crippen LogP contribution is -2.54. The highest BCUT2D eigenvalue weighted by Crippen LogP contribution is 2.20. The van der Waals surface area contributed by atoms with E-state index in [0.29, 0.717) is 19.1 Å². The zero-order valence-electron chi connectivity index (χ0n) is 10.9. The molecule has 2 N–H and O–H groups in total. The number of hydrogen-bond donors (Lipinski definition) is 2. The first-order chi connectivity index (χ1) is 8.08. The quantitative estimate of drug-likeness (QED) is 0.711. The Bertz CT molecular complexity index is 283. The van der Waals surface area contributed by atoms with Gasteiger partial charge in [-0.15, -0.1) is 0 Å². The number of aliphatic hydroxyl groups excluding tert-OH is 1. The molecule has 4 unspecified atom stereocenters. The van der Waals surface area contributed by atoms with Gasteiger partial charge in [-0.1, -0.05) is 6.92 Å². The molecular formula is C13H24N2O2. The first-order valence-corrected chi connectivity index (χ1v) is 6.81. The number of piperidine rings is 2. The fourth-order valence-corrected chi connectivity index (χ4v) is 2.89. The second kappa shape index (κ2) is 5.36. The van der Waals surface area contributed by atoms with E-state index in [-0.39, 0.29) is 24.0 Å². The van der Waals surface area contributed by atoms with E-state index >= 15 is 0 Å². The fourth-order valence-electron chi connectivity index (χ4n) is 2.89. The number of nitrogens with zero attached hydrogens (tertiary/aromatic N) is 1. The molecule has 98 valence electrons. The second-order valence-electron chi connectivity index (χ2n) is 5.67. The zero-order valence-corrected chi connectivity index (χ0v) is 10.9. The smallest absolute Gasteiger partial charge is 0.239 e. The Labute approximate surface area is 103 Å². The summed E-state index contributed by atoms with van der Waals surface area (Å²) in [7, 11) is 0. The average Bonchev–Trinajstić information content (AvgIpc) is 2.32. The van der Waals surface area contributed by atoms with Crippen LogP contribution in [-0.2, 0) is 4.79 Å². The number of aliphatic hydroxyl groups is 1. The van der Waals surface area contributed by atoms with Gasteiger partial charge in [0.25, 0.3) is 0 Å². The van der Waals surface area contributed by atoms with Crippen LogP contribution in [0.2, 0.25) is 0 Å². The molecule has 4 nitrogen and oxygen atoms in total. The van der Waals surface area contributed by atoms with E-state index in [1.807, 2.05) is 11.8 Å². The number of carbonyl (C=O) groups is 1. The van der Waals surface area contributed by atoms with Crippen molar-refractivity contribution >= 4 is 5.91 Å². The highest BCUT2D eigenvalue weighted by molar-refractivity contribution is 5.82. The van der Waals surface area contributed by atoms with Crippen LogP contribution >= 0.6 is 0 Å². The molecule has 0 aromatic heterocycles. The average molecular weight is 240 g/mol. The van der Waals surface area contributed by atoms with Gasteiger partial charge in [0.05, 0.1) is 12.1 Å². The van der Waals surface area contributed by atoms with Crippen LogP contribution in [0, 0.1) is 5.92 Å². The summed E-state index contributed by atoms with van der Waals surface area (Å²) in [4.78, 5) is 14.3. The number of nitrogens with one attached hydrogen (secondary N) is 1. The lowest BCUT2D eigenvalue weighted by atomic mass is 9.94. The zero-order chi connectivity index (χ0) is 12.4. The van der Waals surface area contributed by atoms with Crippen molar-refractivity contribution in [1.29, 1.82) is 0 Å². The molecule has 2 saturated heterocycles. The molecule has 1 amide bonds. The molecule has 0 aromatic carbocycles. The molecule has 0 bridgehead atoms. The number of amides is 1. The molecule has 0 aliphatic carbocycles. The third kappa shape index (κ3) is 2.99. The molecule has 2 rings (SSSR count). The van der Waals surface area contributed by atoms with Crippen LogP contribution in [0.4, 0.5) is 0 Å². The van der Waals surface area contributed by atoms with E-state index in [9.17, 15) is 9.90 Å². The summed E-state index contributed by atoms with van der Waals surface area (Å²) < 4.78 is 0. The summed E-state index contributed by atoms with van der Waals surface area (Å²) in [5.74, 6) is 0.434. The maximum absolute atomic E-state index is 12.3. The fraction of sp³-hybridized carbons (Fsp3) is 0.923. The van der Waals surface area contributed by atoms with Crippen LogP contribution in [0.3, 0.4) is 0 Å². The first-order valence-electron chi connectivity index (χ1n) is 6.81. The van der Waals surface area contributed by atoms with E-state index in [1.165, 1.54) is 6.42 Å². The SMILES string of the molecule is CC1CCCC(C(=O)N2CCC(O)C(C)C2)N1. The van der Waals surface area contributed by atoms with Crippen molar-refractivity contribution in [2.45, 2.75) is 57.7 Å². The Morgan fingerprint density at radius 1 is 1.29 bits per heavy atom. The summed E-state index contributed by atoms with van der Waals surface area (Å²) in [6.07, 6.45) is 3.73. The minimum Gasteiger partial charge on any atom is -0.393 e. The van der Waals surface area contributed by atoms with Crippen molar-refractivity contribution in [1.82, 2.24) is 10.2 Å². The Morgan fingerprint density at radius 2 is 2.06 bits per heavy atom. The van der Waals surface area contributed by atoms with E-state index < -0.39 is 0 Å². The molecule has 2 aliphatic heterocycles. The van der Waals surface area contributed by atoms with Crippen molar-refractivity contribution in [2.75, 3.05) is 13.1 Å². The standard InChI is InChI=1S/C13H24N2O2/c1-9-8-15(7-6-12(9)16)13(17)11-5-3-4-10(2)14-11/h9-12,14,16H,3-8H2,1-2H3. The van der Waals surface area contributed by atoms with E-state index in [2.05, 4.69) is 12.2 Å². The monoisotopic (exact) mass is 240 g/mol. The molecule has 2 aliphatic rings. The summed E-state index contributed by atoms with van der Waals surface area (Å²) in [6.45, 7) is 5.56. The van der Waals surface area contributed by atoms with Gasteiger partial charge in [-0.3, -0.25) is 4.79 Å². The molecule has 2 heterocycles. The third-order valence-electron chi connectivity index (χ3n) is 4.09. The number of carbonyl (C=O) groups excluding carboxylic acids is 1. The molecule has 0 spiro atoms. The van der Waals surface area contributed by atoms with E-state index in [4.69, 9.17) is 0 Å². The minimum absolute atomic E-state index is 0.00110. The van der Waals surface area contributed by atoms with Gasteiger partial charge in [-0.25, -0.2) is 0 Å². The molecule has 17 heavy (non-hydrogen) atoms. The van der Waals surface area contributed by atoms with Crippen LogP contribution < -0.4 is 5.32 Å². The van der Waals surface area contributed by atoms with Crippen LogP contribution in [0.25, 0.3) is 0 Å². The number of likely N-dealkylation sites (tertiary alicyclic amines) is 1. The Hall–Kier alpha value is -0.610. The molecule has 0 aromatic rings. The van der Waals surface area contributed by atoms with Gasteiger partial charge in [0.2, 0.25) is 5.91 Å². The van der Waals surface area contributed by atoms with E-state index in [1.54, 1.807) is 0 Å². The van der Waals surface area contributed by atoms with Gasteiger partial charge in [0, 0.05) is 19.1 Å².